The predicted molar refractivity (Wildman–Crippen MR) is 110 cm³/mol. The van der Waals surface area contributed by atoms with Gasteiger partial charge in [-0.25, -0.2) is 0 Å². The van der Waals surface area contributed by atoms with E-state index in [9.17, 15) is 9.59 Å². The van der Waals surface area contributed by atoms with Crippen LogP contribution >= 0.6 is 0 Å². The molecule has 0 saturated heterocycles. The summed E-state index contributed by atoms with van der Waals surface area (Å²) in [6.45, 7) is 6.21. The molecule has 2 aromatic carbocycles. The monoisotopic (exact) mass is 375 g/mol. The molecule has 0 radical (unpaired) electrons. The Balaban J connectivity index is 1.61. The van der Waals surface area contributed by atoms with Gasteiger partial charge in [-0.05, 0) is 35.2 Å². The van der Waals surface area contributed by atoms with E-state index in [1.807, 2.05) is 36.4 Å². The number of fused-ring (bicyclic) bond motifs is 2. The van der Waals surface area contributed by atoms with Gasteiger partial charge < -0.3 is 14.8 Å². The number of nitrogens with zero attached hydrogens (tertiary/aromatic N) is 1. The molecular formula is C22H21N3O3. The van der Waals surface area contributed by atoms with Crippen molar-refractivity contribution in [2.75, 3.05) is 5.32 Å². The molecule has 0 unspecified atom stereocenters. The minimum atomic E-state index is -0.201. The van der Waals surface area contributed by atoms with Crippen molar-refractivity contribution in [3.8, 4) is 0 Å². The number of rotatable bonds is 3. The standard InChI is InChI=1S/C22H21N3O3/c1-22(2,3)16-11-20(26)24-17-10-13(8-9-14(16)17)23-21(27)12-18-15-6-4-5-7-19(15)28-25-18/h4-11H,12H2,1-3H3,(H,23,27)(H,24,26). The minimum absolute atomic E-state index is 0.105. The molecule has 6 nitrogen and oxygen atoms in total. The first kappa shape index (κ1) is 18.0. The molecule has 0 bridgehead atoms. The van der Waals surface area contributed by atoms with Crippen LogP contribution in [0.5, 0.6) is 0 Å². The quantitative estimate of drug-likeness (QED) is 0.563. The zero-order chi connectivity index (χ0) is 19.9. The highest BCUT2D eigenvalue weighted by Gasteiger charge is 2.18. The van der Waals surface area contributed by atoms with Crippen LogP contribution in [-0.4, -0.2) is 16.0 Å². The third-order valence-electron chi connectivity index (χ3n) is 4.71. The number of carbonyl (C=O) groups excluding carboxylic acids is 1. The SMILES string of the molecule is CC(C)(C)c1cc(=O)[nH]c2cc(NC(=O)Cc3noc4ccccc34)ccc12. The maximum Gasteiger partial charge on any atom is 0.248 e. The van der Waals surface area contributed by atoms with Gasteiger partial charge in [0.15, 0.2) is 5.58 Å². The fourth-order valence-electron chi connectivity index (χ4n) is 3.38. The molecule has 1 amide bonds. The second-order valence-electron chi connectivity index (χ2n) is 7.91. The summed E-state index contributed by atoms with van der Waals surface area (Å²) in [6.07, 6.45) is 0.105. The lowest BCUT2D eigenvalue weighted by atomic mass is 9.85. The summed E-state index contributed by atoms with van der Waals surface area (Å²) in [7, 11) is 0. The second-order valence-corrected chi connectivity index (χ2v) is 7.91. The second kappa shape index (κ2) is 6.64. The Bertz CT molecular complexity index is 1250. The van der Waals surface area contributed by atoms with E-state index in [2.05, 4.69) is 36.2 Å². The smallest absolute Gasteiger partial charge is 0.248 e. The number of nitrogens with one attached hydrogen (secondary N) is 2. The van der Waals surface area contributed by atoms with Gasteiger partial charge in [-0.1, -0.05) is 44.1 Å². The molecule has 0 spiro atoms. The number of hydrogen-bond acceptors (Lipinski definition) is 4. The van der Waals surface area contributed by atoms with E-state index in [-0.39, 0.29) is 23.3 Å². The van der Waals surface area contributed by atoms with E-state index < -0.39 is 0 Å². The molecule has 4 aromatic rings. The van der Waals surface area contributed by atoms with Crippen LogP contribution in [0.3, 0.4) is 0 Å². The largest absolute Gasteiger partial charge is 0.356 e. The van der Waals surface area contributed by atoms with Gasteiger partial charge in [0.25, 0.3) is 0 Å². The van der Waals surface area contributed by atoms with Crippen molar-refractivity contribution in [3.63, 3.8) is 0 Å². The van der Waals surface area contributed by atoms with Crippen molar-refractivity contribution in [1.29, 1.82) is 0 Å². The molecule has 2 aromatic heterocycles. The molecule has 4 rings (SSSR count). The fraction of sp³-hybridized carbons (Fsp3) is 0.227. The molecule has 2 N–H and O–H groups in total. The van der Waals surface area contributed by atoms with E-state index >= 15 is 0 Å². The maximum absolute atomic E-state index is 12.5. The summed E-state index contributed by atoms with van der Waals surface area (Å²) in [5.74, 6) is -0.201. The van der Waals surface area contributed by atoms with Crippen LogP contribution in [0.2, 0.25) is 0 Å². The zero-order valence-electron chi connectivity index (χ0n) is 16.0. The van der Waals surface area contributed by atoms with Gasteiger partial charge in [0.2, 0.25) is 11.5 Å². The van der Waals surface area contributed by atoms with E-state index in [1.165, 1.54) is 0 Å². The molecule has 0 aliphatic rings. The minimum Gasteiger partial charge on any atom is -0.356 e. The van der Waals surface area contributed by atoms with Crippen LogP contribution in [0.4, 0.5) is 5.69 Å². The van der Waals surface area contributed by atoms with Crippen molar-refractivity contribution >= 4 is 33.5 Å². The molecule has 28 heavy (non-hydrogen) atoms. The number of anilines is 1. The summed E-state index contributed by atoms with van der Waals surface area (Å²) in [6, 6.07) is 14.6. The summed E-state index contributed by atoms with van der Waals surface area (Å²) < 4.78 is 5.25. The normalized spacial score (nSPS) is 11.8. The number of carbonyl (C=O) groups is 1. The Morgan fingerprint density at radius 2 is 1.89 bits per heavy atom. The third kappa shape index (κ3) is 3.41. The topological polar surface area (TPSA) is 88.0 Å². The first-order valence-electron chi connectivity index (χ1n) is 9.12. The molecular weight excluding hydrogens is 354 g/mol. The summed E-state index contributed by atoms with van der Waals surface area (Å²) in [4.78, 5) is 27.4. The molecule has 0 aliphatic carbocycles. The highest BCUT2D eigenvalue weighted by Crippen LogP contribution is 2.29. The molecule has 0 aliphatic heterocycles. The van der Waals surface area contributed by atoms with Gasteiger partial charge in [-0.15, -0.1) is 0 Å². The summed E-state index contributed by atoms with van der Waals surface area (Å²) in [5, 5.41) is 8.66. The number of benzene rings is 2. The highest BCUT2D eigenvalue weighted by atomic mass is 16.5. The molecule has 2 heterocycles. The Morgan fingerprint density at radius 3 is 2.68 bits per heavy atom. The molecule has 0 saturated carbocycles. The van der Waals surface area contributed by atoms with Gasteiger partial charge in [0, 0.05) is 22.5 Å². The van der Waals surface area contributed by atoms with Gasteiger partial charge in [-0.3, -0.25) is 9.59 Å². The van der Waals surface area contributed by atoms with Crippen molar-refractivity contribution in [1.82, 2.24) is 10.1 Å². The zero-order valence-corrected chi connectivity index (χ0v) is 16.0. The number of hydrogen-bond donors (Lipinski definition) is 2. The number of para-hydroxylation sites is 1. The predicted octanol–water partition coefficient (Wildman–Crippen LogP) is 4.15. The van der Waals surface area contributed by atoms with Gasteiger partial charge in [-0.2, -0.15) is 0 Å². The number of amides is 1. The number of aromatic nitrogens is 2. The maximum atomic E-state index is 12.5. The lowest BCUT2D eigenvalue weighted by Crippen LogP contribution is -2.18. The Labute approximate surface area is 161 Å². The summed E-state index contributed by atoms with van der Waals surface area (Å²) >= 11 is 0. The highest BCUT2D eigenvalue weighted by molar-refractivity contribution is 5.96. The lowest BCUT2D eigenvalue weighted by Gasteiger charge is -2.21. The third-order valence-corrected chi connectivity index (χ3v) is 4.71. The van der Waals surface area contributed by atoms with Crippen molar-refractivity contribution in [2.24, 2.45) is 0 Å². The first-order chi connectivity index (χ1) is 13.3. The number of aromatic amines is 1. The van der Waals surface area contributed by atoms with Crippen LogP contribution in [0, 0.1) is 0 Å². The Morgan fingerprint density at radius 1 is 1.11 bits per heavy atom. The number of H-pyrrole nitrogens is 1. The van der Waals surface area contributed by atoms with E-state index in [1.54, 1.807) is 12.1 Å². The lowest BCUT2D eigenvalue weighted by molar-refractivity contribution is -0.115. The van der Waals surface area contributed by atoms with Crippen molar-refractivity contribution < 1.29 is 9.32 Å². The van der Waals surface area contributed by atoms with E-state index in [0.29, 0.717) is 22.5 Å². The van der Waals surface area contributed by atoms with Crippen LogP contribution in [0.15, 0.2) is 57.8 Å². The average Bonchev–Trinajstić information content (AvgIpc) is 3.03. The van der Waals surface area contributed by atoms with Crippen LogP contribution < -0.4 is 10.9 Å². The van der Waals surface area contributed by atoms with Gasteiger partial charge in [0.1, 0.15) is 5.69 Å². The van der Waals surface area contributed by atoms with Gasteiger partial charge >= 0.3 is 0 Å². The Kier molecular flexibility index (Phi) is 4.26. The molecule has 142 valence electrons. The van der Waals surface area contributed by atoms with Crippen molar-refractivity contribution in [2.45, 2.75) is 32.6 Å². The van der Waals surface area contributed by atoms with Crippen LogP contribution in [0.1, 0.15) is 32.0 Å². The van der Waals surface area contributed by atoms with Crippen LogP contribution in [-0.2, 0) is 16.6 Å². The average molecular weight is 375 g/mol. The number of pyridine rings is 1. The summed E-state index contributed by atoms with van der Waals surface area (Å²) in [5.41, 5.74) is 3.22. The van der Waals surface area contributed by atoms with Crippen molar-refractivity contribution in [3.05, 3.63) is 70.1 Å². The van der Waals surface area contributed by atoms with Crippen LogP contribution in [0.25, 0.3) is 21.9 Å². The molecule has 0 atom stereocenters. The van der Waals surface area contributed by atoms with Gasteiger partial charge in [0.05, 0.1) is 11.9 Å². The first-order valence-corrected chi connectivity index (χ1v) is 9.12. The molecule has 6 heteroatoms. The molecule has 0 fully saturated rings. The fourth-order valence-corrected chi connectivity index (χ4v) is 3.38. The van der Waals surface area contributed by atoms with E-state index in [4.69, 9.17) is 4.52 Å². The van der Waals surface area contributed by atoms with E-state index in [0.717, 1.165) is 16.3 Å². The Hall–Kier alpha value is -3.41.